The molecule has 4 N–H and O–H groups in total. The number of carbonyl (C=O) groups is 2. The summed E-state index contributed by atoms with van der Waals surface area (Å²) < 4.78 is 5.70. The highest BCUT2D eigenvalue weighted by molar-refractivity contribution is 5.92. The number of hydrogen-bond acceptors (Lipinski definition) is 3. The van der Waals surface area contributed by atoms with E-state index in [1.807, 2.05) is 25.1 Å². The summed E-state index contributed by atoms with van der Waals surface area (Å²) in [5.41, 5.74) is 8.36. The first-order valence-electron chi connectivity index (χ1n) is 8.05. The molecule has 0 unspecified atom stereocenters. The average Bonchev–Trinajstić information content (AvgIpc) is 2.54. The molecule has 0 heterocycles. The van der Waals surface area contributed by atoms with Crippen LogP contribution in [0.5, 0.6) is 5.75 Å². The minimum absolute atomic E-state index is 0.0789. The van der Waals surface area contributed by atoms with Gasteiger partial charge in [-0.3, -0.25) is 4.79 Å². The first-order valence-corrected chi connectivity index (χ1v) is 8.05. The molecule has 2 aromatic rings. The van der Waals surface area contributed by atoms with E-state index in [0.29, 0.717) is 17.3 Å². The maximum Gasteiger partial charge on any atom is 0.316 e. The number of carbonyl (C=O) groups excluding carboxylic acids is 2. The van der Waals surface area contributed by atoms with Gasteiger partial charge < -0.3 is 21.1 Å². The number of urea groups is 1. The van der Waals surface area contributed by atoms with Crippen LogP contribution in [0.2, 0.25) is 0 Å². The number of nitrogens with one attached hydrogen (secondary N) is 2. The Hall–Kier alpha value is -3.02. The van der Waals surface area contributed by atoms with Crippen molar-refractivity contribution in [1.29, 1.82) is 0 Å². The van der Waals surface area contributed by atoms with Crippen LogP contribution in [-0.2, 0) is 4.79 Å². The van der Waals surface area contributed by atoms with E-state index in [0.717, 1.165) is 16.9 Å². The van der Waals surface area contributed by atoms with Crippen LogP contribution in [-0.4, -0.2) is 18.5 Å². The van der Waals surface area contributed by atoms with Crippen LogP contribution in [0.25, 0.3) is 0 Å². The number of rotatable bonds is 6. The number of aryl methyl sites for hydroxylation is 1. The van der Waals surface area contributed by atoms with Crippen LogP contribution >= 0.6 is 0 Å². The first kappa shape index (κ1) is 18.3. The van der Waals surface area contributed by atoms with Gasteiger partial charge in [0.1, 0.15) is 5.75 Å². The lowest BCUT2D eigenvalue weighted by atomic mass is 10.0. The van der Waals surface area contributed by atoms with Gasteiger partial charge in [0.25, 0.3) is 5.91 Å². The smallest absolute Gasteiger partial charge is 0.316 e. The van der Waals surface area contributed by atoms with E-state index in [-0.39, 0.29) is 12.5 Å². The zero-order valence-electron chi connectivity index (χ0n) is 14.6. The largest absolute Gasteiger partial charge is 0.483 e. The molecule has 6 heteroatoms. The highest BCUT2D eigenvalue weighted by atomic mass is 16.5. The molecule has 25 heavy (non-hydrogen) atoms. The SMILES string of the molecule is Cc1ccc(C(C)C)c(OCC(=O)Nc2ccc(NC(N)=O)cc2)c1. The molecule has 0 atom stereocenters. The Bertz CT molecular complexity index is 755. The van der Waals surface area contributed by atoms with Gasteiger partial charge in [0.05, 0.1) is 0 Å². The first-order chi connectivity index (χ1) is 11.8. The fourth-order valence-corrected chi connectivity index (χ4v) is 2.36. The van der Waals surface area contributed by atoms with Gasteiger partial charge >= 0.3 is 6.03 Å². The van der Waals surface area contributed by atoms with Crippen LogP contribution in [0.1, 0.15) is 30.9 Å². The second kappa shape index (κ2) is 8.19. The van der Waals surface area contributed by atoms with E-state index >= 15 is 0 Å². The molecule has 3 amide bonds. The Morgan fingerprint density at radius 1 is 1.04 bits per heavy atom. The number of amides is 3. The zero-order chi connectivity index (χ0) is 18.4. The van der Waals surface area contributed by atoms with Crippen molar-refractivity contribution < 1.29 is 14.3 Å². The van der Waals surface area contributed by atoms with Crippen LogP contribution in [0, 0.1) is 6.92 Å². The maximum absolute atomic E-state index is 12.1. The van der Waals surface area contributed by atoms with Gasteiger partial charge in [-0.15, -0.1) is 0 Å². The van der Waals surface area contributed by atoms with Crippen LogP contribution in [0.4, 0.5) is 16.2 Å². The lowest BCUT2D eigenvalue weighted by Crippen LogP contribution is -2.21. The third-order valence-electron chi connectivity index (χ3n) is 3.59. The van der Waals surface area contributed by atoms with Crippen molar-refractivity contribution in [2.45, 2.75) is 26.7 Å². The third kappa shape index (κ3) is 5.53. The Morgan fingerprint density at radius 3 is 2.20 bits per heavy atom. The van der Waals surface area contributed by atoms with Crippen LogP contribution in [0.15, 0.2) is 42.5 Å². The van der Waals surface area contributed by atoms with Crippen molar-refractivity contribution >= 4 is 23.3 Å². The fraction of sp³-hybridized carbons (Fsp3) is 0.263. The van der Waals surface area contributed by atoms with Crippen molar-refractivity contribution in [1.82, 2.24) is 0 Å². The molecule has 0 bridgehead atoms. The Morgan fingerprint density at radius 2 is 1.64 bits per heavy atom. The number of nitrogens with two attached hydrogens (primary N) is 1. The van der Waals surface area contributed by atoms with Crippen molar-refractivity contribution in [2.24, 2.45) is 5.73 Å². The topological polar surface area (TPSA) is 93.4 Å². The fourth-order valence-electron chi connectivity index (χ4n) is 2.36. The summed E-state index contributed by atoms with van der Waals surface area (Å²) in [4.78, 5) is 22.9. The second-order valence-corrected chi connectivity index (χ2v) is 6.10. The standard InChI is InChI=1S/C19H23N3O3/c1-12(2)16-9-4-13(3)10-17(16)25-11-18(23)21-14-5-7-15(8-6-14)22-19(20)24/h4-10,12H,11H2,1-3H3,(H,21,23)(H3,20,22,24). The summed E-state index contributed by atoms with van der Waals surface area (Å²) in [5.74, 6) is 0.780. The summed E-state index contributed by atoms with van der Waals surface area (Å²) in [6.07, 6.45) is 0. The molecule has 132 valence electrons. The van der Waals surface area contributed by atoms with E-state index in [2.05, 4.69) is 24.5 Å². The van der Waals surface area contributed by atoms with Crippen molar-refractivity contribution in [3.63, 3.8) is 0 Å². The Balaban J connectivity index is 1.95. The summed E-state index contributed by atoms with van der Waals surface area (Å²) >= 11 is 0. The Kier molecular flexibility index (Phi) is 6.00. The molecule has 0 aliphatic carbocycles. The second-order valence-electron chi connectivity index (χ2n) is 6.10. The molecule has 2 aromatic carbocycles. The molecule has 6 nitrogen and oxygen atoms in total. The number of primary amides is 1. The highest BCUT2D eigenvalue weighted by Crippen LogP contribution is 2.27. The summed E-state index contributed by atoms with van der Waals surface area (Å²) in [6.45, 7) is 6.07. The van der Waals surface area contributed by atoms with Gasteiger partial charge in [-0.2, -0.15) is 0 Å². The molecular weight excluding hydrogens is 318 g/mol. The molecule has 2 rings (SSSR count). The number of ether oxygens (including phenoxy) is 1. The zero-order valence-corrected chi connectivity index (χ0v) is 14.6. The van der Waals surface area contributed by atoms with E-state index in [4.69, 9.17) is 10.5 Å². The molecule has 0 aromatic heterocycles. The van der Waals surface area contributed by atoms with Gasteiger partial charge in [0.2, 0.25) is 0 Å². The molecule has 0 aliphatic heterocycles. The van der Waals surface area contributed by atoms with Crippen molar-refractivity contribution in [3.05, 3.63) is 53.6 Å². The van der Waals surface area contributed by atoms with Gasteiger partial charge in [-0.25, -0.2) is 4.79 Å². The van der Waals surface area contributed by atoms with Gasteiger partial charge in [0.15, 0.2) is 6.61 Å². The van der Waals surface area contributed by atoms with Crippen LogP contribution in [0.3, 0.4) is 0 Å². The molecule has 0 aliphatic rings. The predicted molar refractivity (Wildman–Crippen MR) is 99.0 cm³/mol. The lowest BCUT2D eigenvalue weighted by molar-refractivity contribution is -0.118. The minimum Gasteiger partial charge on any atom is -0.483 e. The molecule has 0 spiro atoms. The monoisotopic (exact) mass is 341 g/mol. The van der Waals surface area contributed by atoms with E-state index in [1.165, 1.54) is 0 Å². The summed E-state index contributed by atoms with van der Waals surface area (Å²) in [6, 6.07) is 12.0. The normalized spacial score (nSPS) is 10.4. The summed E-state index contributed by atoms with van der Waals surface area (Å²) in [5, 5.41) is 5.20. The van der Waals surface area contributed by atoms with E-state index in [9.17, 15) is 9.59 Å². The number of hydrogen-bond donors (Lipinski definition) is 3. The molecule has 0 saturated carbocycles. The molecule has 0 fully saturated rings. The Labute approximate surface area is 147 Å². The van der Waals surface area contributed by atoms with Crippen molar-refractivity contribution in [3.8, 4) is 5.75 Å². The number of benzene rings is 2. The average molecular weight is 341 g/mol. The predicted octanol–water partition coefficient (Wildman–Crippen LogP) is 3.63. The molecular formula is C19H23N3O3. The summed E-state index contributed by atoms with van der Waals surface area (Å²) in [7, 11) is 0. The van der Waals surface area contributed by atoms with E-state index in [1.54, 1.807) is 24.3 Å². The van der Waals surface area contributed by atoms with Gasteiger partial charge in [-0.05, 0) is 54.3 Å². The van der Waals surface area contributed by atoms with Gasteiger partial charge in [-0.1, -0.05) is 26.0 Å². The minimum atomic E-state index is -0.635. The maximum atomic E-state index is 12.1. The highest BCUT2D eigenvalue weighted by Gasteiger charge is 2.10. The quantitative estimate of drug-likeness (QED) is 0.749. The third-order valence-corrected chi connectivity index (χ3v) is 3.59. The number of anilines is 2. The lowest BCUT2D eigenvalue weighted by Gasteiger charge is -2.15. The van der Waals surface area contributed by atoms with Crippen molar-refractivity contribution in [2.75, 3.05) is 17.2 Å². The van der Waals surface area contributed by atoms with Gasteiger partial charge in [0, 0.05) is 11.4 Å². The molecule has 0 radical (unpaired) electrons. The van der Waals surface area contributed by atoms with E-state index < -0.39 is 6.03 Å². The molecule has 0 saturated heterocycles. The van der Waals surface area contributed by atoms with Crippen LogP contribution < -0.4 is 21.1 Å².